The van der Waals surface area contributed by atoms with Crippen LogP contribution in [0.5, 0.6) is 0 Å². The molecule has 0 saturated heterocycles. The molecule has 2 aromatic rings. The smallest absolute Gasteiger partial charge is 0.352 e. The number of nitrogens with zero attached hydrogens (tertiary/aromatic N) is 2. The fraction of sp³-hybridized carbons (Fsp3) is 0.357. The minimum Gasteiger partial charge on any atom is -0.477 e. The summed E-state index contributed by atoms with van der Waals surface area (Å²) in [5, 5.41) is 11.0. The second kappa shape index (κ2) is 6.23. The zero-order valence-electron chi connectivity index (χ0n) is 12.6. The molecule has 0 radical (unpaired) electrons. The highest BCUT2D eigenvalue weighted by Crippen LogP contribution is 2.22. The Kier molecular flexibility index (Phi) is 4.74. The average molecular weight is 342 g/mol. The van der Waals surface area contributed by atoms with Crippen LogP contribution in [0.2, 0.25) is 0 Å². The van der Waals surface area contributed by atoms with Gasteiger partial charge in [-0.1, -0.05) is 6.07 Å². The molecule has 0 aliphatic carbocycles. The van der Waals surface area contributed by atoms with Crippen LogP contribution in [0.4, 0.5) is 0 Å². The average Bonchev–Trinajstić information content (AvgIpc) is 3.07. The zero-order valence-corrected chi connectivity index (χ0v) is 14.2. The second-order valence-corrected chi connectivity index (χ2v) is 8.16. The Hall–Kier alpha value is -1.64. The van der Waals surface area contributed by atoms with E-state index in [1.54, 1.807) is 11.3 Å². The van der Waals surface area contributed by atoms with E-state index in [0.29, 0.717) is 6.42 Å². The van der Waals surface area contributed by atoms with Gasteiger partial charge in [-0.15, -0.1) is 11.3 Å². The summed E-state index contributed by atoms with van der Waals surface area (Å²) in [6.07, 6.45) is 1.94. The van der Waals surface area contributed by atoms with Crippen molar-refractivity contribution in [2.24, 2.45) is 7.05 Å². The van der Waals surface area contributed by atoms with Gasteiger partial charge in [0.15, 0.2) is 0 Å². The number of likely N-dealkylation sites (N-methyl/N-ethyl adjacent to an activating group) is 1. The van der Waals surface area contributed by atoms with Gasteiger partial charge in [0.25, 0.3) is 0 Å². The molecule has 0 aromatic carbocycles. The molecule has 0 saturated carbocycles. The number of thiophene rings is 1. The number of hydrogen-bond donors (Lipinski definition) is 1. The van der Waals surface area contributed by atoms with E-state index < -0.39 is 16.0 Å². The van der Waals surface area contributed by atoms with Crippen molar-refractivity contribution in [3.05, 3.63) is 40.3 Å². The first-order chi connectivity index (χ1) is 10.2. The van der Waals surface area contributed by atoms with E-state index >= 15 is 0 Å². The van der Waals surface area contributed by atoms with Gasteiger partial charge in [0.1, 0.15) is 10.6 Å². The number of aryl methyl sites for hydroxylation is 1. The highest BCUT2D eigenvalue weighted by Gasteiger charge is 2.28. The Balaban J connectivity index is 2.25. The minimum atomic E-state index is -3.72. The molecule has 1 atom stereocenters. The molecule has 0 aliphatic rings. The van der Waals surface area contributed by atoms with Crippen LogP contribution >= 0.6 is 11.3 Å². The summed E-state index contributed by atoms with van der Waals surface area (Å²) in [6, 6.07) is 4.85. The van der Waals surface area contributed by atoms with Crippen LogP contribution < -0.4 is 0 Å². The lowest BCUT2D eigenvalue weighted by Crippen LogP contribution is -2.36. The van der Waals surface area contributed by atoms with E-state index in [1.807, 2.05) is 24.4 Å². The zero-order chi connectivity index (χ0) is 16.5. The third-order valence-electron chi connectivity index (χ3n) is 3.57. The van der Waals surface area contributed by atoms with Gasteiger partial charge in [-0.05, 0) is 30.9 Å². The fourth-order valence-electron chi connectivity index (χ4n) is 2.14. The standard InChI is InChI=1S/C14H18N2O4S2/c1-10(7-11-5-4-6-21-11)16(3)22(19,20)12-8-13(14(17)18)15(2)9-12/h4-6,8-10H,7H2,1-3H3,(H,17,18)/t10-/m0/s1. The second-order valence-electron chi connectivity index (χ2n) is 5.13. The summed E-state index contributed by atoms with van der Waals surface area (Å²) in [5.41, 5.74) is -0.0575. The third-order valence-corrected chi connectivity index (χ3v) is 6.41. The van der Waals surface area contributed by atoms with E-state index in [1.165, 1.54) is 35.2 Å². The number of carboxylic acids is 1. The molecule has 8 heteroatoms. The van der Waals surface area contributed by atoms with Crippen LogP contribution in [0, 0.1) is 0 Å². The predicted molar refractivity (Wildman–Crippen MR) is 84.8 cm³/mol. The maximum Gasteiger partial charge on any atom is 0.352 e. The summed E-state index contributed by atoms with van der Waals surface area (Å²) < 4.78 is 27.8. The Labute approximate surface area is 133 Å². The fourth-order valence-corrected chi connectivity index (χ4v) is 4.40. The Morgan fingerprint density at radius 3 is 2.68 bits per heavy atom. The van der Waals surface area contributed by atoms with Gasteiger partial charge in [-0.3, -0.25) is 0 Å². The van der Waals surface area contributed by atoms with E-state index in [9.17, 15) is 13.2 Å². The monoisotopic (exact) mass is 342 g/mol. The van der Waals surface area contributed by atoms with Crippen molar-refractivity contribution in [2.75, 3.05) is 7.05 Å². The molecule has 120 valence electrons. The van der Waals surface area contributed by atoms with E-state index in [-0.39, 0.29) is 16.6 Å². The van der Waals surface area contributed by atoms with Gasteiger partial charge in [-0.2, -0.15) is 4.31 Å². The first-order valence-corrected chi connectivity index (χ1v) is 8.95. The minimum absolute atomic E-state index is 0.00655. The van der Waals surface area contributed by atoms with Crippen LogP contribution in [0.3, 0.4) is 0 Å². The molecule has 2 aromatic heterocycles. The highest BCUT2D eigenvalue weighted by atomic mass is 32.2. The summed E-state index contributed by atoms with van der Waals surface area (Å²) in [5.74, 6) is -1.15. The Morgan fingerprint density at radius 1 is 1.50 bits per heavy atom. The third kappa shape index (κ3) is 3.23. The number of aromatic carboxylic acids is 1. The lowest BCUT2D eigenvalue weighted by Gasteiger charge is -2.23. The number of carboxylic acid groups (broad SMARTS) is 1. The van der Waals surface area contributed by atoms with Crippen LogP contribution in [-0.2, 0) is 23.5 Å². The molecule has 6 nitrogen and oxygen atoms in total. The van der Waals surface area contributed by atoms with Crippen LogP contribution in [0.25, 0.3) is 0 Å². The van der Waals surface area contributed by atoms with Crippen LogP contribution in [-0.4, -0.2) is 41.5 Å². The maximum absolute atomic E-state index is 12.6. The lowest BCUT2D eigenvalue weighted by molar-refractivity contribution is 0.0686. The van der Waals surface area contributed by atoms with E-state index in [4.69, 9.17) is 5.11 Å². The largest absolute Gasteiger partial charge is 0.477 e. The first kappa shape index (κ1) is 16.7. The maximum atomic E-state index is 12.6. The van der Waals surface area contributed by atoms with Crippen LogP contribution in [0.15, 0.2) is 34.7 Å². The molecule has 0 bridgehead atoms. The van der Waals surface area contributed by atoms with Gasteiger partial charge in [0.2, 0.25) is 10.0 Å². The molecular weight excluding hydrogens is 324 g/mol. The lowest BCUT2D eigenvalue weighted by atomic mass is 10.2. The van der Waals surface area contributed by atoms with Crippen molar-refractivity contribution in [1.29, 1.82) is 0 Å². The Bertz CT molecular complexity index is 763. The SMILES string of the molecule is C[C@@H](Cc1cccs1)N(C)S(=O)(=O)c1cc(C(=O)O)n(C)c1. The number of rotatable bonds is 6. The predicted octanol–water partition coefficient (Wildman–Crippen LogP) is 2.04. The molecule has 0 amide bonds. The van der Waals surface area contributed by atoms with Crippen molar-refractivity contribution >= 4 is 27.3 Å². The van der Waals surface area contributed by atoms with Gasteiger partial charge >= 0.3 is 5.97 Å². The van der Waals surface area contributed by atoms with Crippen molar-refractivity contribution in [2.45, 2.75) is 24.3 Å². The first-order valence-electron chi connectivity index (χ1n) is 6.63. The van der Waals surface area contributed by atoms with E-state index in [0.717, 1.165) is 4.88 Å². The molecule has 22 heavy (non-hydrogen) atoms. The van der Waals surface area contributed by atoms with Crippen LogP contribution in [0.1, 0.15) is 22.3 Å². The van der Waals surface area contributed by atoms with Crippen molar-refractivity contribution in [3.8, 4) is 0 Å². The highest BCUT2D eigenvalue weighted by molar-refractivity contribution is 7.89. The van der Waals surface area contributed by atoms with Crippen molar-refractivity contribution in [1.82, 2.24) is 8.87 Å². The van der Waals surface area contributed by atoms with Gasteiger partial charge in [0.05, 0.1) is 0 Å². The molecule has 0 fully saturated rings. The summed E-state index contributed by atoms with van der Waals surface area (Å²) in [7, 11) is -0.696. The van der Waals surface area contributed by atoms with Gasteiger partial charge < -0.3 is 9.67 Å². The molecular formula is C14H18N2O4S2. The molecule has 0 aliphatic heterocycles. The number of carbonyl (C=O) groups is 1. The van der Waals surface area contributed by atoms with Gasteiger partial charge in [0, 0.05) is 31.2 Å². The molecule has 2 rings (SSSR count). The number of hydrogen-bond acceptors (Lipinski definition) is 4. The molecule has 1 N–H and O–H groups in total. The Morgan fingerprint density at radius 2 is 2.18 bits per heavy atom. The molecule has 0 spiro atoms. The molecule has 0 unspecified atom stereocenters. The number of aromatic nitrogens is 1. The molecule has 2 heterocycles. The topological polar surface area (TPSA) is 79.6 Å². The number of sulfonamides is 1. The summed E-state index contributed by atoms with van der Waals surface area (Å²) in [6.45, 7) is 1.83. The van der Waals surface area contributed by atoms with Crippen molar-refractivity contribution in [3.63, 3.8) is 0 Å². The van der Waals surface area contributed by atoms with E-state index in [2.05, 4.69) is 0 Å². The van der Waals surface area contributed by atoms with Gasteiger partial charge in [-0.25, -0.2) is 13.2 Å². The summed E-state index contributed by atoms with van der Waals surface area (Å²) in [4.78, 5) is 12.1. The quantitative estimate of drug-likeness (QED) is 0.871. The summed E-state index contributed by atoms with van der Waals surface area (Å²) >= 11 is 1.58. The normalized spacial score (nSPS) is 13.5. The van der Waals surface area contributed by atoms with Crippen molar-refractivity contribution < 1.29 is 18.3 Å².